The number of rotatable bonds is 12. The predicted octanol–water partition coefficient (Wildman–Crippen LogP) is 6.24. The molecule has 0 unspecified atom stereocenters. The second-order valence-corrected chi connectivity index (χ2v) is 17.1. The van der Waals surface area contributed by atoms with Crippen LogP contribution in [0.15, 0.2) is 36.4 Å². The number of thiocarbonyl (C=S) groups is 1. The molecule has 2 atom stereocenters. The Kier molecular flexibility index (Phi) is 13.9. The minimum Gasteiger partial charge on any atom is -0.491 e. The number of hydrogen-bond acceptors (Lipinski definition) is 10. The van der Waals surface area contributed by atoms with Gasteiger partial charge < -0.3 is 14.4 Å². The molecule has 0 bridgehead atoms. The van der Waals surface area contributed by atoms with E-state index in [0.717, 1.165) is 81.3 Å². The number of nitrogens with one attached hydrogen (secondary N) is 1. The first-order valence-electron chi connectivity index (χ1n) is 20.6. The standard InChI is InChI=1S/C42H52F3N9O5S.ClH/c1-26-24-50(25-27(2)51(26)17-7-20-59-34-9-6-8-32-36(34)49(5)48-37(32)52-18-16-35(55)47-39(52)57)19-21-58-31-14-12-29(13-15-31)54-40(60)53(38(56)41(54,3)4)30-11-10-28(23-46)33(22-30)42(43,44)45;/h6,8-11,22,26-27,29,31H,7,12-21,24-25H2,1-5H3,(H,47,55,57);1H/t26-,27+,29?,31?;. The van der Waals surface area contributed by atoms with Crippen LogP contribution < -0.4 is 19.9 Å². The van der Waals surface area contributed by atoms with Crippen molar-refractivity contribution >= 4 is 70.0 Å². The molecule has 1 aliphatic carbocycles. The molecular formula is C42H53ClF3N9O5S. The number of anilines is 2. The van der Waals surface area contributed by atoms with Gasteiger partial charge in [-0.1, -0.05) is 6.07 Å². The zero-order valence-electron chi connectivity index (χ0n) is 35.0. The van der Waals surface area contributed by atoms with Gasteiger partial charge in [0.15, 0.2) is 10.9 Å². The Bertz CT molecular complexity index is 2180. The highest BCUT2D eigenvalue weighted by molar-refractivity contribution is 7.80. The van der Waals surface area contributed by atoms with E-state index in [-0.39, 0.29) is 54.2 Å². The van der Waals surface area contributed by atoms with E-state index in [1.807, 2.05) is 30.1 Å². The maximum atomic E-state index is 13.8. The fourth-order valence-electron chi connectivity index (χ4n) is 9.36. The number of fused-ring (bicyclic) bond motifs is 1. The lowest BCUT2D eigenvalue weighted by Gasteiger charge is -2.44. The quantitative estimate of drug-likeness (QED) is 0.164. The van der Waals surface area contributed by atoms with Crippen LogP contribution in [0.2, 0.25) is 0 Å². The summed E-state index contributed by atoms with van der Waals surface area (Å²) in [6, 6.07) is 10.7. The fraction of sp³-hybridized carbons (Fsp3) is 0.571. The molecule has 1 N–H and O–H groups in total. The molecule has 3 aliphatic heterocycles. The van der Waals surface area contributed by atoms with Gasteiger partial charge in [-0.25, -0.2) is 4.79 Å². The number of amides is 4. The number of benzene rings is 2. The monoisotopic (exact) mass is 887 g/mol. The molecule has 4 fully saturated rings. The van der Waals surface area contributed by atoms with E-state index in [2.05, 4.69) is 34.1 Å². The van der Waals surface area contributed by atoms with Crippen molar-refractivity contribution in [1.82, 2.24) is 29.8 Å². The number of aromatic nitrogens is 2. The lowest BCUT2D eigenvalue weighted by molar-refractivity contribution is -0.137. The van der Waals surface area contributed by atoms with Crippen molar-refractivity contribution in [3.63, 3.8) is 0 Å². The first kappa shape index (κ1) is 46.0. The number of halogens is 4. The smallest absolute Gasteiger partial charge is 0.417 e. The van der Waals surface area contributed by atoms with Crippen LogP contribution in [0, 0.1) is 11.3 Å². The summed E-state index contributed by atoms with van der Waals surface area (Å²) in [7, 11) is 1.82. The Labute approximate surface area is 365 Å². The van der Waals surface area contributed by atoms with Crippen molar-refractivity contribution < 1.29 is 37.0 Å². The maximum Gasteiger partial charge on any atom is 0.417 e. The van der Waals surface area contributed by atoms with Gasteiger partial charge >= 0.3 is 12.2 Å². The van der Waals surface area contributed by atoms with Crippen LogP contribution in [0.5, 0.6) is 5.75 Å². The number of piperazine rings is 1. The zero-order valence-corrected chi connectivity index (χ0v) is 36.7. The second kappa shape index (κ2) is 18.4. The van der Waals surface area contributed by atoms with Gasteiger partial charge in [0.25, 0.3) is 5.91 Å². The van der Waals surface area contributed by atoms with Crippen molar-refractivity contribution in [2.75, 3.05) is 55.7 Å². The highest BCUT2D eigenvalue weighted by atomic mass is 35.5. The Balaban J connectivity index is 0.00000622. The summed E-state index contributed by atoms with van der Waals surface area (Å²) in [5.41, 5.74) is -1.87. The summed E-state index contributed by atoms with van der Waals surface area (Å²) in [6.45, 7) is 12.9. The molecule has 4 aliphatic rings. The summed E-state index contributed by atoms with van der Waals surface area (Å²) < 4.78 is 55.6. The predicted molar refractivity (Wildman–Crippen MR) is 230 cm³/mol. The van der Waals surface area contributed by atoms with Gasteiger partial charge in [0, 0.05) is 69.7 Å². The zero-order chi connectivity index (χ0) is 43.1. The van der Waals surface area contributed by atoms with Crippen molar-refractivity contribution in [3.05, 3.63) is 47.5 Å². The highest BCUT2D eigenvalue weighted by Gasteiger charge is 2.52. The van der Waals surface area contributed by atoms with Gasteiger partial charge in [0.2, 0.25) is 5.91 Å². The number of carbonyl (C=O) groups excluding carboxylic acids is 3. The van der Waals surface area contributed by atoms with Gasteiger partial charge in [-0.15, -0.1) is 12.4 Å². The molecule has 61 heavy (non-hydrogen) atoms. The first-order chi connectivity index (χ1) is 28.5. The van der Waals surface area contributed by atoms with Crippen molar-refractivity contribution in [1.29, 1.82) is 5.26 Å². The molecule has 330 valence electrons. The number of para-hydroxylation sites is 1. The van der Waals surface area contributed by atoms with Gasteiger partial charge in [0.05, 0.1) is 42.2 Å². The molecule has 0 radical (unpaired) electrons. The van der Waals surface area contributed by atoms with Crippen LogP contribution in [0.3, 0.4) is 0 Å². The second-order valence-electron chi connectivity index (χ2n) is 16.7. The molecule has 4 heterocycles. The van der Waals surface area contributed by atoms with Crippen molar-refractivity contribution in [2.45, 2.75) is 102 Å². The average molecular weight is 888 g/mol. The van der Waals surface area contributed by atoms with Crippen LogP contribution in [-0.4, -0.2) is 123 Å². The molecule has 1 saturated carbocycles. The number of alkyl halides is 3. The lowest BCUT2D eigenvalue weighted by atomic mass is 9.89. The van der Waals surface area contributed by atoms with Crippen LogP contribution in [0.1, 0.15) is 77.3 Å². The number of hydrogen-bond donors (Lipinski definition) is 1. The van der Waals surface area contributed by atoms with E-state index in [9.17, 15) is 32.8 Å². The lowest BCUT2D eigenvalue weighted by Crippen LogP contribution is -2.57. The molecule has 1 aromatic heterocycles. The van der Waals surface area contributed by atoms with E-state index in [0.29, 0.717) is 36.9 Å². The number of nitrogens with zero attached hydrogens (tertiary/aromatic N) is 8. The Hall–Kier alpha value is -4.54. The van der Waals surface area contributed by atoms with E-state index in [4.69, 9.17) is 21.7 Å². The Morgan fingerprint density at radius 1 is 1.02 bits per heavy atom. The van der Waals surface area contributed by atoms with E-state index in [1.54, 1.807) is 24.6 Å². The van der Waals surface area contributed by atoms with Crippen LogP contribution in [0.4, 0.5) is 29.5 Å². The third kappa shape index (κ3) is 9.31. The molecule has 2 aromatic carbocycles. The first-order valence-corrected chi connectivity index (χ1v) is 21.0. The maximum absolute atomic E-state index is 13.8. The number of urea groups is 1. The number of nitriles is 1. The largest absolute Gasteiger partial charge is 0.491 e. The fourth-order valence-corrected chi connectivity index (χ4v) is 9.92. The van der Waals surface area contributed by atoms with Crippen molar-refractivity contribution in [3.8, 4) is 11.8 Å². The molecule has 14 nitrogen and oxygen atoms in total. The van der Waals surface area contributed by atoms with Crippen LogP contribution in [0.25, 0.3) is 10.9 Å². The average Bonchev–Trinajstić information content (AvgIpc) is 3.62. The number of ether oxygens (including phenoxy) is 2. The molecular weight excluding hydrogens is 835 g/mol. The van der Waals surface area contributed by atoms with E-state index in [1.165, 1.54) is 15.9 Å². The minimum atomic E-state index is -4.76. The minimum absolute atomic E-state index is 0. The number of aryl methyl sites for hydroxylation is 1. The Morgan fingerprint density at radius 2 is 1.72 bits per heavy atom. The summed E-state index contributed by atoms with van der Waals surface area (Å²) in [5, 5.41) is 17.1. The van der Waals surface area contributed by atoms with E-state index >= 15 is 0 Å². The van der Waals surface area contributed by atoms with Crippen molar-refractivity contribution in [2.24, 2.45) is 7.05 Å². The summed E-state index contributed by atoms with van der Waals surface area (Å²) in [4.78, 5) is 47.3. The normalized spacial score (nSPS) is 24.0. The van der Waals surface area contributed by atoms with Gasteiger partial charge in [-0.3, -0.25) is 39.2 Å². The van der Waals surface area contributed by atoms with E-state index < -0.39 is 34.8 Å². The molecule has 3 saturated heterocycles. The van der Waals surface area contributed by atoms with Gasteiger partial charge in [0.1, 0.15) is 16.8 Å². The third-order valence-electron chi connectivity index (χ3n) is 12.3. The van der Waals surface area contributed by atoms with Gasteiger partial charge in [-0.05, 0) is 102 Å². The van der Waals surface area contributed by atoms with Crippen LogP contribution in [-0.2, 0) is 27.5 Å². The topological polar surface area (TPSA) is 140 Å². The SMILES string of the molecule is C[C@@H]1CN(CCOC2CCC(N3C(=S)N(c4ccc(C#N)c(C(F)(F)F)c4)C(=O)C3(C)C)CC2)C[C@H](C)N1CCCOc1cccc2c(N3CCC(=O)NC3=O)nn(C)c12.Cl. The molecule has 19 heteroatoms. The Morgan fingerprint density at radius 3 is 2.38 bits per heavy atom. The summed E-state index contributed by atoms with van der Waals surface area (Å²) in [6.07, 6.45) is -0.629. The third-order valence-corrected chi connectivity index (χ3v) is 12.7. The molecule has 4 amide bonds. The molecule has 7 rings (SSSR count). The highest BCUT2D eigenvalue weighted by Crippen LogP contribution is 2.41. The summed E-state index contributed by atoms with van der Waals surface area (Å²) >= 11 is 5.76. The molecule has 0 spiro atoms. The van der Waals surface area contributed by atoms with Crippen LogP contribution >= 0.6 is 24.6 Å². The number of imide groups is 1. The summed E-state index contributed by atoms with van der Waals surface area (Å²) in [5.74, 6) is 0.497. The van der Waals surface area contributed by atoms with Gasteiger partial charge in [-0.2, -0.15) is 23.5 Å². The molecule has 3 aromatic rings. The number of carbonyl (C=O) groups is 3.